The van der Waals surface area contributed by atoms with Crippen LogP contribution in [0.5, 0.6) is 0 Å². The Bertz CT molecular complexity index is 701. The lowest BCUT2D eigenvalue weighted by Gasteiger charge is -2.59. The van der Waals surface area contributed by atoms with Gasteiger partial charge in [-0.05, 0) is 104 Å². The largest absolute Gasteiger partial charge is 0.393 e. The summed E-state index contributed by atoms with van der Waals surface area (Å²) in [5.74, 6) is 3.51. The van der Waals surface area contributed by atoms with Crippen molar-refractivity contribution in [3.63, 3.8) is 0 Å². The van der Waals surface area contributed by atoms with Crippen molar-refractivity contribution in [1.29, 1.82) is 0 Å². The third-order valence-corrected chi connectivity index (χ3v) is 11.4. The maximum absolute atomic E-state index is 11.3. The molecule has 32 heavy (non-hydrogen) atoms. The molecule has 4 rings (SSSR count). The molecule has 3 nitrogen and oxygen atoms in total. The van der Waals surface area contributed by atoms with Crippen LogP contribution in [0.15, 0.2) is 11.6 Å². The van der Waals surface area contributed by atoms with E-state index in [2.05, 4.69) is 47.6 Å². The normalized spacial score (nSPS) is 46.6. The van der Waals surface area contributed by atoms with Gasteiger partial charge < -0.3 is 15.3 Å². The molecule has 0 aromatic rings. The van der Waals surface area contributed by atoms with Crippen molar-refractivity contribution < 1.29 is 15.3 Å². The van der Waals surface area contributed by atoms with E-state index in [0.29, 0.717) is 41.4 Å². The van der Waals surface area contributed by atoms with Gasteiger partial charge in [0.15, 0.2) is 0 Å². The second-order valence-electron chi connectivity index (χ2n) is 13.1. The smallest absolute Gasteiger partial charge is 0.0757 e. The summed E-state index contributed by atoms with van der Waals surface area (Å²) in [6.45, 7) is 14.1. The highest BCUT2D eigenvalue weighted by Gasteiger charge is 2.61. The van der Waals surface area contributed by atoms with E-state index in [1.54, 1.807) is 0 Å². The molecule has 3 heteroatoms. The van der Waals surface area contributed by atoms with Crippen LogP contribution in [0.4, 0.5) is 0 Å². The molecular weight excluding hydrogens is 396 g/mol. The van der Waals surface area contributed by atoms with Gasteiger partial charge in [-0.3, -0.25) is 0 Å². The highest BCUT2D eigenvalue weighted by Crippen LogP contribution is 2.67. The Labute approximate surface area is 197 Å². The molecule has 0 amide bonds. The fraction of sp³-hybridized carbons (Fsp3) is 0.931. The number of aliphatic hydroxyl groups excluding tert-OH is 3. The lowest BCUT2D eigenvalue weighted by atomic mass is 9.46. The van der Waals surface area contributed by atoms with Gasteiger partial charge in [0, 0.05) is 0 Å². The lowest BCUT2D eigenvalue weighted by molar-refractivity contribution is -0.103. The Balaban J connectivity index is 1.55. The number of rotatable bonds is 6. The highest BCUT2D eigenvalue weighted by atomic mass is 16.3. The van der Waals surface area contributed by atoms with Crippen LogP contribution in [0.25, 0.3) is 0 Å². The quantitative estimate of drug-likeness (QED) is 0.441. The molecule has 3 saturated carbocycles. The molecule has 0 bridgehead atoms. The van der Waals surface area contributed by atoms with Gasteiger partial charge in [-0.1, -0.05) is 59.6 Å². The molecule has 3 unspecified atom stereocenters. The molecule has 0 saturated heterocycles. The molecule has 4 aliphatic carbocycles. The van der Waals surface area contributed by atoms with E-state index in [-0.39, 0.29) is 29.1 Å². The van der Waals surface area contributed by atoms with E-state index >= 15 is 0 Å². The Kier molecular flexibility index (Phi) is 6.96. The summed E-state index contributed by atoms with van der Waals surface area (Å²) >= 11 is 0. The molecule has 0 aromatic heterocycles. The summed E-state index contributed by atoms with van der Waals surface area (Å²) in [7, 11) is 0. The zero-order valence-corrected chi connectivity index (χ0v) is 21.6. The minimum atomic E-state index is -0.373. The molecule has 0 heterocycles. The number of aliphatic hydroxyl groups is 3. The van der Waals surface area contributed by atoms with Crippen molar-refractivity contribution in [2.24, 2.45) is 52.3 Å². The standard InChI is InChI=1S/C29H50O3/c1-7-19(17(2)3)14-25(31)18(4)22-8-9-23-27-24(11-13-29(22,23)6)28(5)12-10-21(30)15-20(28)16-26(27)32/h16-19,21-27,30-32H,7-15H2,1-6H3/t18-,19+,21?,22+,23-,24-,25?,26?,27-,28-,29+/m0/s1. The van der Waals surface area contributed by atoms with E-state index in [1.165, 1.54) is 31.3 Å². The topological polar surface area (TPSA) is 60.7 Å². The predicted octanol–water partition coefficient (Wildman–Crippen LogP) is 5.97. The van der Waals surface area contributed by atoms with E-state index in [1.807, 2.05) is 0 Å². The van der Waals surface area contributed by atoms with Crippen molar-refractivity contribution in [3.05, 3.63) is 11.6 Å². The minimum Gasteiger partial charge on any atom is -0.393 e. The van der Waals surface area contributed by atoms with Crippen LogP contribution in [0.3, 0.4) is 0 Å². The number of hydrogen-bond acceptors (Lipinski definition) is 3. The van der Waals surface area contributed by atoms with Gasteiger partial charge in [-0.25, -0.2) is 0 Å². The van der Waals surface area contributed by atoms with E-state index in [4.69, 9.17) is 0 Å². The fourth-order valence-electron chi connectivity index (χ4n) is 9.24. The Morgan fingerprint density at radius 1 is 1.00 bits per heavy atom. The van der Waals surface area contributed by atoms with Crippen LogP contribution in [-0.2, 0) is 0 Å². The fourth-order valence-corrected chi connectivity index (χ4v) is 9.24. The van der Waals surface area contributed by atoms with Crippen molar-refractivity contribution in [3.8, 4) is 0 Å². The zero-order valence-electron chi connectivity index (χ0n) is 21.6. The highest BCUT2D eigenvalue weighted by molar-refractivity contribution is 5.28. The number of hydrogen-bond donors (Lipinski definition) is 3. The summed E-state index contributed by atoms with van der Waals surface area (Å²) in [5.41, 5.74) is 1.70. The maximum atomic E-state index is 11.3. The zero-order chi connectivity index (χ0) is 23.4. The van der Waals surface area contributed by atoms with Crippen molar-refractivity contribution in [2.45, 2.75) is 118 Å². The van der Waals surface area contributed by atoms with Crippen LogP contribution in [-0.4, -0.2) is 33.6 Å². The van der Waals surface area contributed by atoms with Gasteiger partial charge in [0.2, 0.25) is 0 Å². The van der Waals surface area contributed by atoms with Crippen LogP contribution < -0.4 is 0 Å². The minimum absolute atomic E-state index is 0.152. The van der Waals surface area contributed by atoms with Gasteiger partial charge in [0.05, 0.1) is 18.3 Å². The molecule has 3 fully saturated rings. The molecule has 11 atom stereocenters. The van der Waals surface area contributed by atoms with Crippen molar-refractivity contribution in [2.75, 3.05) is 0 Å². The van der Waals surface area contributed by atoms with Gasteiger partial charge >= 0.3 is 0 Å². The summed E-state index contributed by atoms with van der Waals surface area (Å²) in [6.07, 6.45) is 10.9. The number of fused-ring (bicyclic) bond motifs is 5. The Morgan fingerprint density at radius 2 is 1.72 bits per heavy atom. The first-order valence-corrected chi connectivity index (χ1v) is 13.8. The first-order valence-electron chi connectivity index (χ1n) is 13.8. The monoisotopic (exact) mass is 446 g/mol. The molecule has 0 radical (unpaired) electrons. The SMILES string of the molecule is CC[C@H](CC(O)[C@@H](C)[C@H]1CC[C@H]2[C@@H]3C(O)C=C4CC(O)CC[C@]4(C)[C@H]3CC[C@]12C)C(C)C. The predicted molar refractivity (Wildman–Crippen MR) is 131 cm³/mol. The van der Waals surface area contributed by atoms with Gasteiger partial charge in [0.1, 0.15) is 0 Å². The molecule has 3 N–H and O–H groups in total. The van der Waals surface area contributed by atoms with Crippen LogP contribution in [0.2, 0.25) is 0 Å². The second kappa shape index (κ2) is 9.00. The summed E-state index contributed by atoms with van der Waals surface area (Å²) < 4.78 is 0. The van der Waals surface area contributed by atoms with Crippen molar-refractivity contribution >= 4 is 0 Å². The first kappa shape index (κ1) is 24.7. The lowest BCUT2D eigenvalue weighted by Crippen LogP contribution is -2.55. The van der Waals surface area contributed by atoms with Gasteiger partial charge in [0.25, 0.3) is 0 Å². The summed E-state index contributed by atoms with van der Waals surface area (Å²) in [5, 5.41) is 32.9. The Hall–Kier alpha value is -0.380. The molecule has 4 aliphatic rings. The third kappa shape index (κ3) is 3.93. The summed E-state index contributed by atoms with van der Waals surface area (Å²) in [6, 6.07) is 0. The average Bonchev–Trinajstić information content (AvgIpc) is 3.09. The maximum Gasteiger partial charge on any atom is 0.0757 e. The van der Waals surface area contributed by atoms with Gasteiger partial charge in [-0.15, -0.1) is 0 Å². The average molecular weight is 447 g/mol. The van der Waals surface area contributed by atoms with Crippen LogP contribution in [0, 0.1) is 52.3 Å². The van der Waals surface area contributed by atoms with E-state index < -0.39 is 0 Å². The molecule has 0 aliphatic heterocycles. The van der Waals surface area contributed by atoms with Crippen LogP contribution >= 0.6 is 0 Å². The van der Waals surface area contributed by atoms with Gasteiger partial charge in [-0.2, -0.15) is 0 Å². The molecular formula is C29H50O3. The second-order valence-corrected chi connectivity index (χ2v) is 13.1. The Morgan fingerprint density at radius 3 is 2.38 bits per heavy atom. The van der Waals surface area contributed by atoms with E-state index in [9.17, 15) is 15.3 Å². The van der Waals surface area contributed by atoms with Crippen molar-refractivity contribution in [1.82, 2.24) is 0 Å². The first-order chi connectivity index (χ1) is 15.0. The third-order valence-electron chi connectivity index (χ3n) is 11.4. The molecule has 184 valence electrons. The van der Waals surface area contributed by atoms with Crippen LogP contribution in [0.1, 0.15) is 99.3 Å². The van der Waals surface area contributed by atoms with E-state index in [0.717, 1.165) is 32.1 Å². The summed E-state index contributed by atoms with van der Waals surface area (Å²) in [4.78, 5) is 0. The molecule has 0 spiro atoms. The molecule has 0 aromatic carbocycles.